The van der Waals surface area contributed by atoms with Crippen LogP contribution in [0.25, 0.3) is 0 Å². The lowest BCUT2D eigenvalue weighted by Gasteiger charge is -2.26. The number of amides is 1. The van der Waals surface area contributed by atoms with E-state index in [-0.39, 0.29) is 25.3 Å². The smallest absolute Gasteiger partial charge is 0.493 e. The number of ether oxygens (including phenoxy) is 2. The molecule has 9 heteroatoms. The standard InChI is InChI=1S/C20H18F5NO3/c1-2-28-18-9-13(21)5-8-15(18)17-10-16(22)19(27)26(17)11-12-3-6-14(7-4-12)29-20(23,24)25/h3-9,16-17H,2,10-11H2,1H3. The molecule has 2 atom stereocenters. The molecule has 4 nitrogen and oxygen atoms in total. The molecule has 0 N–H and O–H groups in total. The zero-order valence-corrected chi connectivity index (χ0v) is 15.4. The van der Waals surface area contributed by atoms with Crippen molar-refractivity contribution in [2.24, 2.45) is 0 Å². The van der Waals surface area contributed by atoms with Crippen molar-refractivity contribution >= 4 is 5.91 Å². The molecule has 1 heterocycles. The van der Waals surface area contributed by atoms with Gasteiger partial charge in [-0.25, -0.2) is 8.78 Å². The second-order valence-electron chi connectivity index (χ2n) is 6.49. The van der Waals surface area contributed by atoms with Crippen molar-refractivity contribution in [2.75, 3.05) is 6.61 Å². The minimum absolute atomic E-state index is 0.0286. The van der Waals surface area contributed by atoms with Gasteiger partial charge in [0.1, 0.15) is 17.3 Å². The van der Waals surface area contributed by atoms with E-state index in [4.69, 9.17) is 4.74 Å². The van der Waals surface area contributed by atoms with Gasteiger partial charge in [-0.15, -0.1) is 13.2 Å². The topological polar surface area (TPSA) is 38.8 Å². The summed E-state index contributed by atoms with van der Waals surface area (Å²) in [4.78, 5) is 13.6. The Morgan fingerprint density at radius 3 is 2.45 bits per heavy atom. The van der Waals surface area contributed by atoms with Crippen molar-refractivity contribution in [3.05, 3.63) is 59.4 Å². The number of carbonyl (C=O) groups excluding carboxylic acids is 1. The molecule has 0 bridgehead atoms. The van der Waals surface area contributed by atoms with Gasteiger partial charge in [0.25, 0.3) is 5.91 Å². The third kappa shape index (κ3) is 4.96. The molecular formula is C20H18F5NO3. The maximum absolute atomic E-state index is 14.2. The average Bonchev–Trinajstić information content (AvgIpc) is 2.91. The summed E-state index contributed by atoms with van der Waals surface area (Å²) in [6, 6.07) is 8.11. The Bertz CT molecular complexity index is 869. The maximum Gasteiger partial charge on any atom is 0.573 e. The molecule has 0 spiro atoms. The van der Waals surface area contributed by atoms with Crippen molar-refractivity contribution in [2.45, 2.75) is 38.5 Å². The Balaban J connectivity index is 1.84. The molecule has 1 fully saturated rings. The fourth-order valence-corrected chi connectivity index (χ4v) is 3.30. The summed E-state index contributed by atoms with van der Waals surface area (Å²) in [6.07, 6.45) is -6.66. The molecule has 3 rings (SSSR count). The van der Waals surface area contributed by atoms with Gasteiger partial charge in [0, 0.05) is 24.6 Å². The monoisotopic (exact) mass is 415 g/mol. The van der Waals surface area contributed by atoms with E-state index in [9.17, 15) is 26.7 Å². The average molecular weight is 415 g/mol. The number of benzene rings is 2. The van der Waals surface area contributed by atoms with E-state index >= 15 is 0 Å². The van der Waals surface area contributed by atoms with Gasteiger partial charge < -0.3 is 14.4 Å². The van der Waals surface area contributed by atoms with Crippen LogP contribution < -0.4 is 9.47 Å². The SMILES string of the molecule is CCOc1cc(F)ccc1C1CC(F)C(=O)N1Cc1ccc(OC(F)(F)F)cc1. The number of hydrogen-bond acceptors (Lipinski definition) is 3. The van der Waals surface area contributed by atoms with Gasteiger partial charge in [0.15, 0.2) is 6.17 Å². The summed E-state index contributed by atoms with van der Waals surface area (Å²) < 4.78 is 73.9. The number of nitrogens with zero attached hydrogens (tertiary/aromatic N) is 1. The van der Waals surface area contributed by atoms with Crippen molar-refractivity contribution in [3.63, 3.8) is 0 Å². The predicted molar refractivity (Wildman–Crippen MR) is 93.5 cm³/mol. The molecule has 0 aliphatic carbocycles. The molecule has 1 saturated heterocycles. The maximum atomic E-state index is 14.2. The first kappa shape index (κ1) is 20.9. The molecule has 1 amide bonds. The predicted octanol–water partition coefficient (Wildman–Crippen LogP) is 4.93. The first-order valence-electron chi connectivity index (χ1n) is 8.89. The highest BCUT2D eigenvalue weighted by molar-refractivity contribution is 5.84. The van der Waals surface area contributed by atoms with E-state index in [1.807, 2.05) is 0 Å². The third-order valence-corrected chi connectivity index (χ3v) is 4.50. The van der Waals surface area contributed by atoms with E-state index in [0.29, 0.717) is 11.1 Å². The molecule has 0 saturated carbocycles. The van der Waals surface area contributed by atoms with Crippen LogP contribution in [0.15, 0.2) is 42.5 Å². The van der Waals surface area contributed by atoms with Crippen LogP contribution in [0.2, 0.25) is 0 Å². The minimum atomic E-state index is -4.81. The van der Waals surface area contributed by atoms with Gasteiger partial charge in [-0.1, -0.05) is 18.2 Å². The molecule has 2 aromatic carbocycles. The fraction of sp³-hybridized carbons (Fsp3) is 0.350. The summed E-state index contributed by atoms with van der Waals surface area (Å²) in [7, 11) is 0. The van der Waals surface area contributed by atoms with Gasteiger partial charge in [0.2, 0.25) is 0 Å². The number of carbonyl (C=O) groups is 1. The molecule has 1 aliphatic rings. The van der Waals surface area contributed by atoms with Gasteiger partial charge in [-0.05, 0) is 30.7 Å². The first-order chi connectivity index (χ1) is 13.7. The third-order valence-electron chi connectivity index (χ3n) is 4.50. The number of likely N-dealkylation sites (tertiary alicyclic amines) is 1. The van der Waals surface area contributed by atoms with Crippen molar-refractivity contribution in [1.29, 1.82) is 0 Å². The van der Waals surface area contributed by atoms with Crippen molar-refractivity contribution in [1.82, 2.24) is 4.90 Å². The van der Waals surface area contributed by atoms with Crippen LogP contribution in [-0.4, -0.2) is 29.9 Å². The Morgan fingerprint density at radius 1 is 1.14 bits per heavy atom. The lowest BCUT2D eigenvalue weighted by Crippen LogP contribution is -2.29. The highest BCUT2D eigenvalue weighted by Crippen LogP contribution is 2.40. The van der Waals surface area contributed by atoms with Gasteiger partial charge in [0.05, 0.1) is 12.6 Å². The summed E-state index contributed by atoms with van der Waals surface area (Å²) in [6.45, 7) is 1.95. The molecule has 0 aromatic heterocycles. The molecule has 156 valence electrons. The van der Waals surface area contributed by atoms with E-state index < -0.39 is 36.0 Å². The summed E-state index contributed by atoms with van der Waals surface area (Å²) in [5, 5.41) is 0. The van der Waals surface area contributed by atoms with Crippen LogP contribution >= 0.6 is 0 Å². The Hall–Kier alpha value is -2.84. The van der Waals surface area contributed by atoms with Gasteiger partial charge in [-0.2, -0.15) is 0 Å². The molecule has 2 aromatic rings. The normalized spacial score (nSPS) is 19.5. The highest BCUT2D eigenvalue weighted by atomic mass is 19.4. The Labute approximate surface area is 163 Å². The summed E-state index contributed by atoms with van der Waals surface area (Å²) in [5.74, 6) is -1.44. The summed E-state index contributed by atoms with van der Waals surface area (Å²) >= 11 is 0. The molecule has 2 unspecified atom stereocenters. The minimum Gasteiger partial charge on any atom is -0.493 e. The van der Waals surface area contributed by atoms with Crippen LogP contribution in [0.4, 0.5) is 22.0 Å². The van der Waals surface area contributed by atoms with Crippen LogP contribution in [0.3, 0.4) is 0 Å². The van der Waals surface area contributed by atoms with E-state index in [1.165, 1.54) is 35.2 Å². The zero-order chi connectivity index (χ0) is 21.2. The lowest BCUT2D eigenvalue weighted by molar-refractivity contribution is -0.274. The molecular weight excluding hydrogens is 397 g/mol. The van der Waals surface area contributed by atoms with Crippen LogP contribution in [0, 0.1) is 5.82 Å². The molecule has 1 aliphatic heterocycles. The molecule has 0 radical (unpaired) electrons. The Morgan fingerprint density at radius 2 is 1.83 bits per heavy atom. The van der Waals surface area contributed by atoms with Gasteiger partial charge >= 0.3 is 6.36 Å². The van der Waals surface area contributed by atoms with Crippen LogP contribution in [0.1, 0.15) is 30.5 Å². The van der Waals surface area contributed by atoms with Crippen LogP contribution in [-0.2, 0) is 11.3 Å². The zero-order valence-electron chi connectivity index (χ0n) is 15.4. The number of hydrogen-bond donors (Lipinski definition) is 0. The number of alkyl halides is 4. The summed E-state index contributed by atoms with van der Waals surface area (Å²) in [5.41, 5.74) is 0.964. The van der Waals surface area contributed by atoms with Crippen LogP contribution in [0.5, 0.6) is 11.5 Å². The van der Waals surface area contributed by atoms with Crippen molar-refractivity contribution < 1.29 is 36.2 Å². The lowest BCUT2D eigenvalue weighted by atomic mass is 10.0. The second kappa shape index (κ2) is 8.26. The van der Waals surface area contributed by atoms with E-state index in [2.05, 4.69) is 4.74 Å². The fourth-order valence-electron chi connectivity index (χ4n) is 3.30. The van der Waals surface area contributed by atoms with E-state index in [1.54, 1.807) is 6.92 Å². The quantitative estimate of drug-likeness (QED) is 0.628. The highest BCUT2D eigenvalue weighted by Gasteiger charge is 2.41. The Kier molecular flexibility index (Phi) is 5.95. The number of halogens is 5. The second-order valence-corrected chi connectivity index (χ2v) is 6.49. The largest absolute Gasteiger partial charge is 0.573 e. The van der Waals surface area contributed by atoms with E-state index in [0.717, 1.165) is 12.1 Å². The van der Waals surface area contributed by atoms with Crippen molar-refractivity contribution in [3.8, 4) is 11.5 Å². The molecule has 29 heavy (non-hydrogen) atoms. The number of rotatable bonds is 6. The first-order valence-corrected chi connectivity index (χ1v) is 8.89. The van der Waals surface area contributed by atoms with Gasteiger partial charge in [-0.3, -0.25) is 4.79 Å².